The van der Waals surface area contributed by atoms with Crippen molar-refractivity contribution in [2.45, 2.75) is 12.8 Å². The van der Waals surface area contributed by atoms with Crippen LogP contribution in [-0.2, 0) is 9.59 Å². The van der Waals surface area contributed by atoms with E-state index in [1.165, 1.54) is 36.3 Å². The maximum Gasteiger partial charge on any atom is 0.341 e. The lowest BCUT2D eigenvalue weighted by Gasteiger charge is -2.20. The normalized spacial score (nSPS) is 14.6. The Balaban J connectivity index is 1.95. The summed E-state index contributed by atoms with van der Waals surface area (Å²) < 4.78 is 10.3. The molecule has 0 bridgehead atoms. The minimum absolute atomic E-state index is 0.0755. The number of ether oxygens (including phenoxy) is 2. The summed E-state index contributed by atoms with van der Waals surface area (Å²) in [5.41, 5.74) is 0.349. The van der Waals surface area contributed by atoms with Crippen LogP contribution in [0.25, 0.3) is 0 Å². The lowest BCUT2D eigenvalue weighted by molar-refractivity contribution is -0.139. The first kappa shape index (κ1) is 21.4. The van der Waals surface area contributed by atoms with E-state index in [-0.39, 0.29) is 29.7 Å². The van der Waals surface area contributed by atoms with Crippen molar-refractivity contribution >= 4 is 17.7 Å². The van der Waals surface area contributed by atoms with Gasteiger partial charge in [-0.15, -0.1) is 0 Å². The van der Waals surface area contributed by atoms with Gasteiger partial charge in [-0.25, -0.2) is 4.79 Å². The second-order valence-electron chi connectivity index (χ2n) is 6.61. The minimum Gasteiger partial charge on any atom is -0.493 e. The summed E-state index contributed by atoms with van der Waals surface area (Å²) in [4.78, 5) is 36.7. The van der Waals surface area contributed by atoms with Crippen LogP contribution in [0.4, 0.5) is 0 Å². The molecule has 1 saturated heterocycles. The quantitative estimate of drug-likeness (QED) is 0.484. The molecule has 1 aliphatic heterocycles. The van der Waals surface area contributed by atoms with Gasteiger partial charge in [-0.1, -0.05) is 6.08 Å². The number of nitrogens with one attached hydrogen (secondary N) is 1. The van der Waals surface area contributed by atoms with Crippen molar-refractivity contribution in [3.05, 3.63) is 35.9 Å². The molecule has 152 valence electrons. The largest absolute Gasteiger partial charge is 0.493 e. The number of aliphatic carboxylic acids is 1. The number of hydrogen-bond donors (Lipinski definition) is 2. The Hall–Kier alpha value is -2.87. The summed E-state index contributed by atoms with van der Waals surface area (Å²) in [6.45, 7) is 1.31. The number of likely N-dealkylation sites (N-methyl/N-ethyl adjacent to an activating group) is 1. The molecule has 8 nitrogen and oxygen atoms in total. The van der Waals surface area contributed by atoms with Crippen LogP contribution in [0.1, 0.15) is 23.2 Å². The fourth-order valence-corrected chi connectivity index (χ4v) is 2.87. The Morgan fingerprint density at radius 1 is 1.25 bits per heavy atom. The minimum atomic E-state index is -1.11. The first-order valence-electron chi connectivity index (χ1n) is 9.10. The van der Waals surface area contributed by atoms with Crippen LogP contribution in [0.3, 0.4) is 0 Å². The van der Waals surface area contributed by atoms with E-state index >= 15 is 0 Å². The Bertz CT molecular complexity index is 740. The molecule has 0 saturated carbocycles. The van der Waals surface area contributed by atoms with Crippen molar-refractivity contribution < 1.29 is 29.0 Å². The third-order valence-electron chi connectivity index (χ3n) is 4.49. The second kappa shape index (κ2) is 10.5. The van der Waals surface area contributed by atoms with E-state index in [0.29, 0.717) is 11.5 Å². The lowest BCUT2D eigenvalue weighted by Crippen LogP contribution is -2.31. The molecule has 2 N–H and O–H groups in total. The number of rotatable bonds is 9. The average molecular weight is 390 g/mol. The van der Waals surface area contributed by atoms with Crippen LogP contribution < -0.4 is 14.8 Å². The number of carboxylic acid groups (broad SMARTS) is 1. The van der Waals surface area contributed by atoms with Gasteiger partial charge in [-0.3, -0.25) is 9.59 Å². The van der Waals surface area contributed by atoms with E-state index in [9.17, 15) is 14.4 Å². The molecular weight excluding hydrogens is 364 g/mol. The molecule has 1 aromatic carbocycles. The molecule has 0 aromatic heterocycles. The van der Waals surface area contributed by atoms with Crippen molar-refractivity contribution in [1.82, 2.24) is 10.2 Å². The highest BCUT2D eigenvalue weighted by atomic mass is 16.5. The maximum atomic E-state index is 12.5. The Kier molecular flexibility index (Phi) is 8.01. The molecule has 0 atom stereocenters. The number of methoxy groups -OCH3 is 1. The molecular formula is C20H26N2O6. The average Bonchev–Trinajstić information content (AvgIpc) is 2.70. The van der Waals surface area contributed by atoms with E-state index in [2.05, 4.69) is 5.32 Å². The van der Waals surface area contributed by atoms with E-state index in [0.717, 1.165) is 25.9 Å². The predicted octanol–water partition coefficient (Wildman–Crippen LogP) is 1.36. The molecule has 8 heteroatoms. The number of carboxylic acids is 1. The number of carbonyl (C=O) groups excluding carboxylic acids is 2. The van der Waals surface area contributed by atoms with E-state index in [1.54, 1.807) is 7.05 Å². The second-order valence-corrected chi connectivity index (χ2v) is 6.61. The number of carbonyl (C=O) groups is 3. The third kappa shape index (κ3) is 6.38. The van der Waals surface area contributed by atoms with Gasteiger partial charge in [0, 0.05) is 12.6 Å². The summed E-state index contributed by atoms with van der Waals surface area (Å²) in [5.74, 6) is -0.714. The summed E-state index contributed by atoms with van der Waals surface area (Å²) in [6.07, 6.45) is 5.46. The van der Waals surface area contributed by atoms with Crippen molar-refractivity contribution in [1.29, 1.82) is 0 Å². The molecule has 0 spiro atoms. The Morgan fingerprint density at radius 3 is 2.61 bits per heavy atom. The van der Waals surface area contributed by atoms with Crippen LogP contribution in [0.5, 0.6) is 11.5 Å². The van der Waals surface area contributed by atoms with Crippen molar-refractivity contribution in [3.8, 4) is 11.5 Å². The van der Waals surface area contributed by atoms with Gasteiger partial charge in [0.25, 0.3) is 0 Å². The molecule has 1 heterocycles. The molecule has 2 rings (SSSR count). The number of piperidine rings is 1. The molecule has 1 fully saturated rings. The topological polar surface area (TPSA) is 105 Å². The molecule has 0 unspecified atom stereocenters. The van der Waals surface area contributed by atoms with Crippen molar-refractivity contribution in [3.63, 3.8) is 0 Å². The standard InChI is InChI=1S/C20H26N2O6/c1-22(19(24)6-3-14-7-9-21-10-8-14)12-16(23)15-4-5-17(18(11-15)27-2)28-13-20(25)26/h3-6,11,14,21H,7-10,12-13H2,1-2H3,(H,25,26). The smallest absolute Gasteiger partial charge is 0.341 e. The van der Waals surface area contributed by atoms with Crippen LogP contribution in [0.2, 0.25) is 0 Å². The zero-order chi connectivity index (χ0) is 20.5. The number of Topliss-reactive ketones (excluding diaryl/α,β-unsaturated/α-hetero) is 1. The maximum absolute atomic E-state index is 12.5. The van der Waals surface area contributed by atoms with Crippen LogP contribution in [0.15, 0.2) is 30.4 Å². The van der Waals surface area contributed by atoms with Gasteiger partial charge in [-0.05, 0) is 56.1 Å². The number of hydrogen-bond acceptors (Lipinski definition) is 6. The first-order valence-corrected chi connectivity index (χ1v) is 9.10. The fraction of sp³-hybridized carbons (Fsp3) is 0.450. The molecule has 1 amide bonds. The summed E-state index contributed by atoms with van der Waals surface area (Å²) in [7, 11) is 2.98. The van der Waals surface area contributed by atoms with Gasteiger partial charge in [0.1, 0.15) is 0 Å². The first-order chi connectivity index (χ1) is 13.4. The van der Waals surface area contributed by atoms with Gasteiger partial charge in [0.05, 0.1) is 13.7 Å². The van der Waals surface area contributed by atoms with Crippen molar-refractivity contribution in [2.24, 2.45) is 5.92 Å². The number of allylic oxidation sites excluding steroid dienone is 1. The predicted molar refractivity (Wildman–Crippen MR) is 103 cm³/mol. The van der Waals surface area contributed by atoms with Gasteiger partial charge >= 0.3 is 5.97 Å². The number of ketones is 1. The fourth-order valence-electron chi connectivity index (χ4n) is 2.87. The molecule has 1 aromatic rings. The van der Waals surface area contributed by atoms with Crippen molar-refractivity contribution in [2.75, 3.05) is 40.4 Å². The highest BCUT2D eigenvalue weighted by Crippen LogP contribution is 2.28. The number of amides is 1. The van der Waals surface area contributed by atoms with Gasteiger partial charge < -0.3 is 24.8 Å². The van der Waals surface area contributed by atoms with E-state index in [1.807, 2.05) is 6.08 Å². The Labute approximate surface area is 164 Å². The third-order valence-corrected chi connectivity index (χ3v) is 4.49. The van der Waals surface area contributed by atoms with Gasteiger partial charge in [0.2, 0.25) is 5.91 Å². The van der Waals surface area contributed by atoms with Crippen LogP contribution >= 0.6 is 0 Å². The highest BCUT2D eigenvalue weighted by Gasteiger charge is 2.16. The zero-order valence-corrected chi connectivity index (χ0v) is 16.1. The lowest BCUT2D eigenvalue weighted by atomic mass is 9.98. The molecule has 28 heavy (non-hydrogen) atoms. The number of benzene rings is 1. The SMILES string of the molecule is COc1cc(C(=O)CN(C)C(=O)C=CC2CCNCC2)ccc1OCC(=O)O. The molecule has 0 radical (unpaired) electrons. The summed E-state index contributed by atoms with van der Waals surface area (Å²) in [5, 5.41) is 12.0. The van der Waals surface area contributed by atoms with E-state index < -0.39 is 12.6 Å². The van der Waals surface area contributed by atoms with Crippen LogP contribution in [0, 0.1) is 5.92 Å². The summed E-state index contributed by atoms with van der Waals surface area (Å²) in [6, 6.07) is 4.47. The van der Waals surface area contributed by atoms with Gasteiger partial charge in [0.15, 0.2) is 23.9 Å². The molecule has 0 aliphatic carbocycles. The molecule has 1 aliphatic rings. The van der Waals surface area contributed by atoms with E-state index in [4.69, 9.17) is 14.6 Å². The summed E-state index contributed by atoms with van der Waals surface area (Å²) >= 11 is 0. The Morgan fingerprint density at radius 2 is 1.96 bits per heavy atom. The van der Waals surface area contributed by atoms with Crippen LogP contribution in [-0.4, -0.2) is 68.1 Å². The number of nitrogens with zero attached hydrogens (tertiary/aromatic N) is 1. The van der Waals surface area contributed by atoms with Gasteiger partial charge in [-0.2, -0.15) is 0 Å². The highest BCUT2D eigenvalue weighted by molar-refractivity contribution is 6.01. The monoisotopic (exact) mass is 390 g/mol. The zero-order valence-electron chi connectivity index (χ0n) is 16.1.